The highest BCUT2D eigenvalue weighted by Gasteiger charge is 2.17. The summed E-state index contributed by atoms with van der Waals surface area (Å²) >= 11 is 1.76. The van der Waals surface area contributed by atoms with Crippen molar-refractivity contribution in [3.05, 3.63) is 231 Å². The molecule has 0 amide bonds. The van der Waals surface area contributed by atoms with E-state index in [9.17, 15) is 0 Å². The molecule has 2 aromatic heterocycles. The summed E-state index contributed by atoms with van der Waals surface area (Å²) in [5, 5.41) is 1.16. The Balaban J connectivity index is 0.908. The minimum atomic E-state index is 0.724. The first-order chi connectivity index (χ1) is 30.2. The van der Waals surface area contributed by atoms with Crippen LogP contribution in [0, 0.1) is 0 Å². The molecule has 0 saturated carbocycles. The van der Waals surface area contributed by atoms with Gasteiger partial charge in [-0.25, -0.2) is 9.97 Å². The lowest BCUT2D eigenvalue weighted by Crippen LogP contribution is -1.94. The molecule has 0 aliphatic rings. The third-order valence-corrected chi connectivity index (χ3v) is 12.7. The van der Waals surface area contributed by atoms with Gasteiger partial charge >= 0.3 is 0 Å². The number of hydrogen-bond donors (Lipinski definition) is 0. The second kappa shape index (κ2) is 15.8. The zero-order valence-corrected chi connectivity index (χ0v) is 34.1. The minimum absolute atomic E-state index is 0.724. The highest BCUT2D eigenvalue weighted by Crippen LogP contribution is 2.41. The lowest BCUT2D eigenvalue weighted by molar-refractivity contribution is 1.24. The maximum Gasteiger partial charge on any atom is 0.160 e. The molecule has 0 aliphatic heterocycles. The molecule has 0 N–H and O–H groups in total. The third kappa shape index (κ3) is 7.22. The number of nitrogens with zero attached hydrogens (tertiary/aromatic N) is 2. The minimum Gasteiger partial charge on any atom is -0.226 e. The molecule has 0 saturated heterocycles. The van der Waals surface area contributed by atoms with Crippen LogP contribution in [0.3, 0.4) is 0 Å². The van der Waals surface area contributed by atoms with Crippen molar-refractivity contribution in [3.63, 3.8) is 0 Å². The predicted octanol–water partition coefficient (Wildman–Crippen LogP) is 16.2. The first kappa shape index (κ1) is 36.4. The van der Waals surface area contributed by atoms with Gasteiger partial charge in [-0.2, -0.15) is 0 Å². The maximum absolute atomic E-state index is 5.30. The normalized spacial score (nSPS) is 11.3. The van der Waals surface area contributed by atoms with Crippen LogP contribution in [0.2, 0.25) is 0 Å². The van der Waals surface area contributed by atoms with Gasteiger partial charge < -0.3 is 0 Å². The number of rotatable bonds is 8. The van der Waals surface area contributed by atoms with Crippen LogP contribution in [0.4, 0.5) is 0 Å². The summed E-state index contributed by atoms with van der Waals surface area (Å²) < 4.78 is 2.32. The Morgan fingerprint density at radius 2 is 0.623 bits per heavy atom. The average molecular weight is 795 g/mol. The van der Waals surface area contributed by atoms with Crippen molar-refractivity contribution in [1.82, 2.24) is 9.97 Å². The van der Waals surface area contributed by atoms with Gasteiger partial charge in [0, 0.05) is 21.2 Å². The van der Waals surface area contributed by atoms with Gasteiger partial charge in [0.1, 0.15) is 0 Å². The average Bonchev–Trinajstić information content (AvgIpc) is 3.73. The fourth-order valence-corrected chi connectivity index (χ4v) is 9.48. The molecular formula is C58H38N2S. The predicted molar refractivity (Wildman–Crippen MR) is 258 cm³/mol. The van der Waals surface area contributed by atoms with Gasteiger partial charge in [-0.3, -0.25) is 0 Å². The molecule has 0 aliphatic carbocycles. The monoisotopic (exact) mass is 794 g/mol. The van der Waals surface area contributed by atoms with Crippen molar-refractivity contribution < 1.29 is 0 Å². The number of aromatic nitrogens is 2. The van der Waals surface area contributed by atoms with Crippen molar-refractivity contribution in [1.29, 1.82) is 0 Å². The SMILES string of the molecule is c1ccc(-c2cc(-c3ccccc3)cc(-c3ccc(-c4cccc(-c5ccc(-c6nc(-c7cccc(-c8ccccc8)c7)c7sc8ccccc8c7n6)cc5)c4)cc3)c2)cc1. The summed E-state index contributed by atoms with van der Waals surface area (Å²) in [5.41, 5.74) is 18.3. The summed E-state index contributed by atoms with van der Waals surface area (Å²) in [6, 6.07) is 82.4. The Hall–Kier alpha value is -7.72. The largest absolute Gasteiger partial charge is 0.226 e. The lowest BCUT2D eigenvalue weighted by Gasteiger charge is -2.12. The number of thiophene rings is 1. The van der Waals surface area contributed by atoms with E-state index < -0.39 is 0 Å². The fourth-order valence-electron chi connectivity index (χ4n) is 8.33. The molecule has 0 fully saturated rings. The van der Waals surface area contributed by atoms with Crippen LogP contribution in [0.25, 0.3) is 110 Å². The van der Waals surface area contributed by atoms with E-state index in [1.165, 1.54) is 60.3 Å². The lowest BCUT2D eigenvalue weighted by atomic mass is 9.92. The molecule has 2 heterocycles. The van der Waals surface area contributed by atoms with Crippen molar-refractivity contribution in [2.45, 2.75) is 0 Å². The Bertz CT molecular complexity index is 3260. The second-order valence-corrected chi connectivity index (χ2v) is 16.4. The van der Waals surface area contributed by atoms with Crippen LogP contribution in [0.15, 0.2) is 231 Å². The molecule has 3 heteroatoms. The van der Waals surface area contributed by atoms with Gasteiger partial charge in [-0.05, 0) is 103 Å². The van der Waals surface area contributed by atoms with Crippen LogP contribution in [-0.4, -0.2) is 9.97 Å². The molecule has 0 bridgehead atoms. The molecule has 0 atom stereocenters. The van der Waals surface area contributed by atoms with Crippen molar-refractivity contribution in [2.24, 2.45) is 0 Å². The quantitative estimate of drug-likeness (QED) is 0.153. The van der Waals surface area contributed by atoms with Gasteiger partial charge in [0.2, 0.25) is 0 Å². The molecule has 0 radical (unpaired) electrons. The van der Waals surface area contributed by atoms with Crippen LogP contribution in [0.5, 0.6) is 0 Å². The van der Waals surface area contributed by atoms with Gasteiger partial charge in [0.15, 0.2) is 5.82 Å². The molecule has 0 spiro atoms. The molecule has 0 unspecified atom stereocenters. The highest BCUT2D eigenvalue weighted by molar-refractivity contribution is 7.26. The number of hydrogen-bond acceptors (Lipinski definition) is 3. The Labute approximate surface area is 359 Å². The fraction of sp³-hybridized carbons (Fsp3) is 0. The summed E-state index contributed by atoms with van der Waals surface area (Å²) in [4.78, 5) is 10.5. The molecule has 11 aromatic rings. The molecule has 61 heavy (non-hydrogen) atoms. The van der Waals surface area contributed by atoms with Gasteiger partial charge in [-0.1, -0.05) is 194 Å². The van der Waals surface area contributed by atoms with E-state index in [0.29, 0.717) is 0 Å². The van der Waals surface area contributed by atoms with Crippen molar-refractivity contribution in [3.8, 4) is 89.4 Å². The van der Waals surface area contributed by atoms with E-state index in [-0.39, 0.29) is 0 Å². The van der Waals surface area contributed by atoms with E-state index in [0.717, 1.165) is 49.4 Å². The maximum atomic E-state index is 5.30. The molecule has 286 valence electrons. The summed E-state index contributed by atoms with van der Waals surface area (Å²) in [5.74, 6) is 0.724. The van der Waals surface area contributed by atoms with Crippen LogP contribution in [-0.2, 0) is 0 Å². The zero-order chi connectivity index (χ0) is 40.5. The number of fused-ring (bicyclic) bond motifs is 3. The van der Waals surface area contributed by atoms with E-state index in [1.54, 1.807) is 11.3 Å². The smallest absolute Gasteiger partial charge is 0.160 e. The Morgan fingerprint density at radius 3 is 1.15 bits per heavy atom. The topological polar surface area (TPSA) is 25.8 Å². The van der Waals surface area contributed by atoms with Gasteiger partial charge in [0.05, 0.1) is 15.9 Å². The van der Waals surface area contributed by atoms with E-state index in [1.807, 2.05) is 0 Å². The highest BCUT2D eigenvalue weighted by atomic mass is 32.1. The number of benzene rings is 9. The van der Waals surface area contributed by atoms with E-state index in [2.05, 4.69) is 231 Å². The van der Waals surface area contributed by atoms with Crippen LogP contribution < -0.4 is 0 Å². The molecular weight excluding hydrogens is 757 g/mol. The van der Waals surface area contributed by atoms with Crippen molar-refractivity contribution in [2.75, 3.05) is 0 Å². The van der Waals surface area contributed by atoms with Gasteiger partial charge in [0.25, 0.3) is 0 Å². The van der Waals surface area contributed by atoms with E-state index >= 15 is 0 Å². The summed E-state index contributed by atoms with van der Waals surface area (Å²) in [6.07, 6.45) is 0. The summed E-state index contributed by atoms with van der Waals surface area (Å²) in [6.45, 7) is 0. The molecule has 9 aromatic carbocycles. The van der Waals surface area contributed by atoms with Gasteiger partial charge in [-0.15, -0.1) is 11.3 Å². The van der Waals surface area contributed by atoms with E-state index in [4.69, 9.17) is 9.97 Å². The first-order valence-corrected chi connectivity index (χ1v) is 21.4. The Kier molecular flexibility index (Phi) is 9.42. The Morgan fingerprint density at radius 1 is 0.262 bits per heavy atom. The van der Waals surface area contributed by atoms with Crippen LogP contribution >= 0.6 is 11.3 Å². The molecule has 11 rings (SSSR count). The van der Waals surface area contributed by atoms with Crippen LogP contribution in [0.1, 0.15) is 0 Å². The van der Waals surface area contributed by atoms with Crippen molar-refractivity contribution >= 4 is 31.6 Å². The summed E-state index contributed by atoms with van der Waals surface area (Å²) in [7, 11) is 0. The third-order valence-electron chi connectivity index (χ3n) is 11.5. The zero-order valence-electron chi connectivity index (χ0n) is 33.2. The molecule has 2 nitrogen and oxygen atoms in total. The first-order valence-electron chi connectivity index (χ1n) is 20.6. The second-order valence-electron chi connectivity index (χ2n) is 15.4. The standard InChI is InChI=1S/C58H38N2S/c1-4-14-39(15-5-1)48-22-13-23-49(35-48)55-57-56(53-24-10-11-25-54(53)61-57)60-58(59-55)45-32-30-43(31-33-45)47-21-12-20-46(34-47)42-26-28-44(29-27-42)52-37-50(40-16-6-2-7-17-40)36-51(38-52)41-18-8-3-9-19-41/h1-38H.